The molecule has 1 amide bonds. The first-order valence-corrected chi connectivity index (χ1v) is 15.3. The minimum Gasteiger partial charge on any atom is -0.497 e. The molecule has 12 nitrogen and oxygen atoms in total. The number of nitrogens with two attached hydrogens (primary N) is 1. The lowest BCUT2D eigenvalue weighted by Crippen LogP contribution is -2.38. The maximum Gasteiger partial charge on any atom is 0.234 e. The highest BCUT2D eigenvalue weighted by molar-refractivity contribution is 8.01. The molecule has 5 rings (SSSR count). The van der Waals surface area contributed by atoms with Crippen LogP contribution in [0, 0.1) is 11.3 Å². The van der Waals surface area contributed by atoms with Crippen molar-refractivity contribution in [2.75, 3.05) is 44.4 Å². The molecule has 1 aliphatic carbocycles. The highest BCUT2D eigenvalue weighted by atomic mass is 32.2. The van der Waals surface area contributed by atoms with Crippen molar-refractivity contribution in [2.45, 2.75) is 29.5 Å². The summed E-state index contributed by atoms with van der Waals surface area (Å²) in [6.07, 6.45) is 1.51. The summed E-state index contributed by atoms with van der Waals surface area (Å²) in [6, 6.07) is 12.7. The Morgan fingerprint density at radius 3 is 2.41 bits per heavy atom. The number of rotatable bonds is 10. The van der Waals surface area contributed by atoms with Crippen LogP contribution < -0.4 is 34.9 Å². The fourth-order valence-corrected chi connectivity index (χ4v) is 6.94. The number of ketones is 1. The van der Waals surface area contributed by atoms with E-state index < -0.39 is 5.92 Å². The third kappa shape index (κ3) is 5.88. The summed E-state index contributed by atoms with van der Waals surface area (Å²) in [4.78, 5) is 27.7. The van der Waals surface area contributed by atoms with E-state index in [1.165, 1.54) is 44.4 Å². The molecule has 1 unspecified atom stereocenters. The number of allylic oxidation sites excluding steroid dienone is 3. The van der Waals surface area contributed by atoms with Gasteiger partial charge in [-0.2, -0.15) is 5.26 Å². The van der Waals surface area contributed by atoms with Gasteiger partial charge in [-0.3, -0.25) is 14.5 Å². The van der Waals surface area contributed by atoms with Gasteiger partial charge in [0.25, 0.3) is 0 Å². The highest BCUT2D eigenvalue weighted by Gasteiger charge is 2.42. The van der Waals surface area contributed by atoms with E-state index in [2.05, 4.69) is 21.6 Å². The predicted octanol–water partition coefficient (Wildman–Crippen LogP) is 4.61. The van der Waals surface area contributed by atoms with Gasteiger partial charge in [0.1, 0.15) is 11.6 Å². The van der Waals surface area contributed by atoms with Gasteiger partial charge in [0.05, 0.1) is 51.8 Å². The van der Waals surface area contributed by atoms with Gasteiger partial charge in [-0.25, -0.2) is 0 Å². The van der Waals surface area contributed by atoms with Gasteiger partial charge in [0.2, 0.25) is 16.8 Å². The number of aromatic nitrogens is 2. The third-order valence-electron chi connectivity index (χ3n) is 7.22. The largest absolute Gasteiger partial charge is 0.497 e. The number of carbonyl (C=O) groups excluding carboxylic acids is 2. The zero-order valence-electron chi connectivity index (χ0n) is 24.5. The lowest BCUT2D eigenvalue weighted by molar-refractivity contribution is -0.116. The average molecular weight is 635 g/mol. The van der Waals surface area contributed by atoms with Crippen molar-refractivity contribution in [3.8, 4) is 29.1 Å². The van der Waals surface area contributed by atoms with Crippen LogP contribution in [0.5, 0.6) is 23.0 Å². The van der Waals surface area contributed by atoms with Crippen molar-refractivity contribution in [2.24, 2.45) is 5.73 Å². The Kier molecular flexibility index (Phi) is 9.26. The van der Waals surface area contributed by atoms with E-state index >= 15 is 0 Å². The number of benzene rings is 2. The van der Waals surface area contributed by atoms with E-state index in [1.54, 1.807) is 48.4 Å². The SMILES string of the molecule is COc1ccc(NC(=O)CSc2nnc(N3C(N)=C(C#N)C(c4cc(OC)c(OC)c(OC)c4)C4=C3CCCC4=O)s2)cc1. The first kappa shape index (κ1) is 30.7. The van der Waals surface area contributed by atoms with Crippen molar-refractivity contribution in [3.63, 3.8) is 0 Å². The van der Waals surface area contributed by atoms with Crippen molar-refractivity contribution in [3.05, 3.63) is 64.6 Å². The minimum absolute atomic E-state index is 0.0791. The van der Waals surface area contributed by atoms with Crippen molar-refractivity contribution in [1.82, 2.24) is 10.2 Å². The van der Waals surface area contributed by atoms with E-state index in [1.807, 2.05) is 0 Å². The summed E-state index contributed by atoms with van der Waals surface area (Å²) >= 11 is 2.45. The number of nitrogens with one attached hydrogen (secondary N) is 1. The molecule has 2 heterocycles. The zero-order valence-corrected chi connectivity index (χ0v) is 26.1. The van der Waals surface area contributed by atoms with Crippen LogP contribution in [0.4, 0.5) is 10.8 Å². The number of methoxy groups -OCH3 is 4. The molecule has 0 saturated carbocycles. The molecule has 3 aromatic rings. The Balaban J connectivity index is 1.45. The monoisotopic (exact) mass is 634 g/mol. The molecular weight excluding hydrogens is 605 g/mol. The molecule has 1 aromatic heterocycles. The van der Waals surface area contributed by atoms with E-state index in [0.717, 1.165) is 0 Å². The van der Waals surface area contributed by atoms with Crippen LogP contribution in [0.25, 0.3) is 0 Å². The van der Waals surface area contributed by atoms with Crippen LogP contribution in [0.15, 0.2) is 63.4 Å². The van der Waals surface area contributed by atoms with Crippen LogP contribution in [0.2, 0.25) is 0 Å². The topological polar surface area (TPSA) is 162 Å². The fraction of sp³-hybridized carbons (Fsp3) is 0.300. The number of Topliss-reactive ketones (excluding diaryl/α,β-unsaturated/α-hetero) is 1. The van der Waals surface area contributed by atoms with Crippen molar-refractivity contribution in [1.29, 1.82) is 5.26 Å². The molecule has 0 saturated heterocycles. The number of thioether (sulfide) groups is 1. The second kappa shape index (κ2) is 13.3. The highest BCUT2D eigenvalue weighted by Crippen LogP contribution is 2.50. The van der Waals surface area contributed by atoms with Gasteiger partial charge in [-0.15, -0.1) is 10.2 Å². The molecule has 2 aromatic carbocycles. The van der Waals surface area contributed by atoms with Gasteiger partial charge in [0.15, 0.2) is 21.6 Å². The molecule has 228 valence electrons. The Bertz CT molecular complexity index is 1670. The summed E-state index contributed by atoms with van der Waals surface area (Å²) in [5.74, 6) is 1.11. The molecule has 0 spiro atoms. The summed E-state index contributed by atoms with van der Waals surface area (Å²) in [6.45, 7) is 0. The van der Waals surface area contributed by atoms with Gasteiger partial charge >= 0.3 is 0 Å². The fourth-order valence-electron chi connectivity index (χ4n) is 5.26. The number of hydrogen-bond donors (Lipinski definition) is 2. The molecule has 0 radical (unpaired) electrons. The first-order valence-electron chi connectivity index (χ1n) is 13.5. The summed E-state index contributed by atoms with van der Waals surface area (Å²) < 4.78 is 22.2. The van der Waals surface area contributed by atoms with Gasteiger partial charge in [-0.05, 0) is 54.8 Å². The summed E-state index contributed by atoms with van der Waals surface area (Å²) in [5, 5.41) is 22.2. The first-order chi connectivity index (χ1) is 21.3. The van der Waals surface area contributed by atoms with Crippen LogP contribution in [0.1, 0.15) is 30.7 Å². The second-order valence-electron chi connectivity index (χ2n) is 9.69. The number of nitriles is 1. The standard InChI is InChI=1S/C30H30N6O6S2/c1-39-18-10-8-17(9-11-18)33-24(38)15-43-30-35-34-29(44-30)36-20-6-5-7-21(37)26(20)25(19(14-31)28(36)32)16-12-22(40-2)27(42-4)23(13-16)41-3/h8-13,25H,5-7,15,32H2,1-4H3,(H,33,38). The van der Waals surface area contributed by atoms with Gasteiger partial charge in [0, 0.05) is 23.4 Å². The average Bonchev–Trinajstić information content (AvgIpc) is 3.51. The predicted molar refractivity (Wildman–Crippen MR) is 166 cm³/mol. The second-order valence-corrected chi connectivity index (χ2v) is 11.9. The van der Waals surface area contributed by atoms with E-state index in [-0.39, 0.29) is 28.8 Å². The maximum atomic E-state index is 13.5. The molecular formula is C30H30N6O6S2. The van der Waals surface area contributed by atoms with Crippen LogP contribution in [-0.4, -0.2) is 56.1 Å². The molecule has 14 heteroatoms. The third-order valence-corrected chi connectivity index (χ3v) is 9.26. The summed E-state index contributed by atoms with van der Waals surface area (Å²) in [5.41, 5.74) is 9.28. The normalized spacial score (nSPS) is 16.3. The number of ether oxygens (including phenoxy) is 4. The number of carbonyl (C=O) groups is 2. The Morgan fingerprint density at radius 2 is 1.80 bits per heavy atom. The van der Waals surface area contributed by atoms with Gasteiger partial charge in [-0.1, -0.05) is 23.1 Å². The molecule has 44 heavy (non-hydrogen) atoms. The molecule has 1 aliphatic heterocycles. The van der Waals surface area contributed by atoms with E-state index in [4.69, 9.17) is 24.7 Å². The quantitative estimate of drug-likeness (QED) is 0.298. The summed E-state index contributed by atoms with van der Waals surface area (Å²) in [7, 11) is 6.09. The van der Waals surface area contributed by atoms with Crippen LogP contribution in [0.3, 0.4) is 0 Å². The number of nitrogens with zero attached hydrogens (tertiary/aromatic N) is 4. The van der Waals surface area contributed by atoms with E-state index in [9.17, 15) is 14.9 Å². The number of anilines is 2. The number of hydrogen-bond acceptors (Lipinski definition) is 13. The maximum absolute atomic E-state index is 13.5. The zero-order chi connectivity index (χ0) is 31.4. The van der Waals surface area contributed by atoms with E-state index in [0.29, 0.717) is 74.3 Å². The molecule has 2 aliphatic rings. The Hall–Kier alpha value is -4.74. The lowest BCUT2D eigenvalue weighted by Gasteiger charge is -2.38. The van der Waals surface area contributed by atoms with Crippen LogP contribution in [-0.2, 0) is 9.59 Å². The van der Waals surface area contributed by atoms with Crippen molar-refractivity contribution >= 4 is 45.6 Å². The minimum atomic E-state index is -0.740. The number of amides is 1. The van der Waals surface area contributed by atoms with Gasteiger partial charge < -0.3 is 30.0 Å². The Labute approximate surface area is 262 Å². The molecule has 0 fully saturated rings. The smallest absolute Gasteiger partial charge is 0.234 e. The van der Waals surface area contributed by atoms with Crippen LogP contribution >= 0.6 is 23.1 Å². The Morgan fingerprint density at radius 1 is 1.09 bits per heavy atom. The van der Waals surface area contributed by atoms with Crippen molar-refractivity contribution < 1.29 is 28.5 Å². The molecule has 0 bridgehead atoms. The molecule has 1 atom stereocenters. The molecule has 3 N–H and O–H groups in total. The lowest BCUT2D eigenvalue weighted by atomic mass is 9.75.